The second-order valence-corrected chi connectivity index (χ2v) is 11.4. The fourth-order valence-electron chi connectivity index (χ4n) is 5.41. The Labute approximate surface area is 242 Å². The number of likely N-dealkylation sites (tertiary alicyclic amines) is 1. The molecule has 1 aliphatic rings. The molecule has 1 fully saturated rings. The second-order valence-electron chi connectivity index (χ2n) is 10.4. The van der Waals surface area contributed by atoms with Crippen molar-refractivity contribution in [2.45, 2.75) is 90.6 Å². The first-order chi connectivity index (χ1) is 19.1. The molecule has 0 aromatic carbocycles. The topological polar surface area (TPSA) is 130 Å². The maximum Gasteiger partial charge on any atom is 0.242 e. The van der Waals surface area contributed by atoms with E-state index in [0.29, 0.717) is 19.5 Å². The molecule has 1 aliphatic heterocycles. The van der Waals surface area contributed by atoms with E-state index in [9.17, 15) is 19.2 Å². The molecule has 2 heterocycles. The normalized spacial score (nSPS) is 18.9. The molecular formula is C28H47N5O6S. The van der Waals surface area contributed by atoms with Gasteiger partial charge >= 0.3 is 0 Å². The zero-order valence-corrected chi connectivity index (χ0v) is 25.8. The molecule has 40 heavy (non-hydrogen) atoms. The minimum atomic E-state index is -0.542. The summed E-state index contributed by atoms with van der Waals surface area (Å²) in [6.45, 7) is 8.43. The van der Waals surface area contributed by atoms with Crippen LogP contribution in [0.2, 0.25) is 0 Å². The number of hydrogen-bond acceptors (Lipinski definition) is 8. The predicted molar refractivity (Wildman–Crippen MR) is 153 cm³/mol. The Morgan fingerprint density at radius 3 is 2.48 bits per heavy atom. The summed E-state index contributed by atoms with van der Waals surface area (Å²) in [6.07, 6.45) is 3.40. The van der Waals surface area contributed by atoms with Gasteiger partial charge in [-0.25, -0.2) is 4.98 Å². The quantitative estimate of drug-likeness (QED) is 0.306. The fraction of sp³-hybridized carbons (Fsp3) is 0.750. The molecule has 11 nitrogen and oxygen atoms in total. The molecule has 2 rings (SSSR count). The fourth-order valence-corrected chi connectivity index (χ4v) is 5.97. The first-order valence-electron chi connectivity index (χ1n) is 14.1. The Kier molecular flexibility index (Phi) is 14.0. The average molecular weight is 582 g/mol. The zero-order chi connectivity index (χ0) is 29.8. The van der Waals surface area contributed by atoms with Gasteiger partial charge in [0.05, 0.1) is 49.7 Å². The van der Waals surface area contributed by atoms with Gasteiger partial charge in [0.15, 0.2) is 0 Å². The van der Waals surface area contributed by atoms with Crippen molar-refractivity contribution in [2.75, 3.05) is 34.4 Å². The number of amides is 4. The van der Waals surface area contributed by atoms with Crippen molar-refractivity contribution in [3.8, 4) is 0 Å². The number of methoxy groups -OCH3 is 2. The van der Waals surface area contributed by atoms with E-state index in [1.807, 2.05) is 31.1 Å². The number of hydrogen-bond donors (Lipinski definition) is 2. The molecule has 226 valence electrons. The number of rotatable bonds is 16. The van der Waals surface area contributed by atoms with Crippen molar-refractivity contribution < 1.29 is 28.7 Å². The molecule has 1 saturated heterocycles. The van der Waals surface area contributed by atoms with Crippen LogP contribution in [0.5, 0.6) is 0 Å². The third kappa shape index (κ3) is 8.97. The van der Waals surface area contributed by atoms with E-state index in [2.05, 4.69) is 15.6 Å². The van der Waals surface area contributed by atoms with Crippen LogP contribution in [0, 0.1) is 11.8 Å². The average Bonchev–Trinajstić information content (AvgIpc) is 3.66. The molecule has 0 spiro atoms. The molecule has 1 aromatic rings. The lowest BCUT2D eigenvalue weighted by Crippen LogP contribution is -2.54. The van der Waals surface area contributed by atoms with Crippen LogP contribution in [-0.4, -0.2) is 97.1 Å². The first kappa shape index (κ1) is 33.6. The maximum absolute atomic E-state index is 13.7. The molecule has 4 amide bonds. The number of carbonyl (C=O) groups is 4. The number of nitrogens with zero attached hydrogens (tertiary/aromatic N) is 3. The standard InChI is InChI=1S/C28H47N5O6S/c1-8-18(3)26(32(5)25(36)17-30-22(34)9-2)21(38-6)15-24(35)33-13-10-11-20(33)27(39-7)19(4)28(37)31-16-23-29-12-14-40-23/h12,14,18-21,26-27H,8-11,13,15-17H2,1-7H3,(H,30,34)(H,31,37). The smallest absolute Gasteiger partial charge is 0.242 e. The minimum absolute atomic E-state index is 0.0521. The van der Waals surface area contributed by atoms with Crippen LogP contribution in [0.25, 0.3) is 0 Å². The van der Waals surface area contributed by atoms with Gasteiger partial charge in [-0.1, -0.05) is 34.1 Å². The second kappa shape index (κ2) is 16.6. The summed E-state index contributed by atoms with van der Waals surface area (Å²) in [5.41, 5.74) is 0. The molecule has 0 saturated carbocycles. The summed E-state index contributed by atoms with van der Waals surface area (Å²) >= 11 is 1.48. The van der Waals surface area contributed by atoms with Gasteiger partial charge in [-0.05, 0) is 18.8 Å². The highest BCUT2D eigenvalue weighted by molar-refractivity contribution is 7.09. The summed E-state index contributed by atoms with van der Waals surface area (Å²) in [6, 6.07) is -0.610. The van der Waals surface area contributed by atoms with Crippen LogP contribution < -0.4 is 10.6 Å². The highest BCUT2D eigenvalue weighted by Gasteiger charge is 2.41. The molecule has 0 radical (unpaired) electrons. The van der Waals surface area contributed by atoms with Crippen LogP contribution in [0.15, 0.2) is 11.6 Å². The van der Waals surface area contributed by atoms with Crippen molar-refractivity contribution in [1.29, 1.82) is 0 Å². The zero-order valence-electron chi connectivity index (χ0n) is 25.0. The number of nitrogens with one attached hydrogen (secondary N) is 2. The highest BCUT2D eigenvalue weighted by Crippen LogP contribution is 2.29. The van der Waals surface area contributed by atoms with Gasteiger partial charge in [0.2, 0.25) is 23.6 Å². The largest absolute Gasteiger partial charge is 0.379 e. The van der Waals surface area contributed by atoms with Crippen LogP contribution in [0.4, 0.5) is 0 Å². The van der Waals surface area contributed by atoms with Gasteiger partial charge in [-0.2, -0.15) is 0 Å². The number of carbonyl (C=O) groups excluding carboxylic acids is 4. The lowest BCUT2D eigenvalue weighted by atomic mass is 9.90. The van der Waals surface area contributed by atoms with E-state index >= 15 is 0 Å². The van der Waals surface area contributed by atoms with Crippen molar-refractivity contribution in [1.82, 2.24) is 25.4 Å². The lowest BCUT2D eigenvalue weighted by Gasteiger charge is -2.39. The maximum atomic E-state index is 13.7. The SMILES string of the molecule is CCC(=O)NCC(=O)N(C)C(C(C)CC)C(CC(=O)N1CCCC1C(OC)C(C)C(=O)NCc1nccs1)OC. The molecule has 2 N–H and O–H groups in total. The van der Waals surface area contributed by atoms with Crippen molar-refractivity contribution >= 4 is 35.0 Å². The number of ether oxygens (including phenoxy) is 2. The van der Waals surface area contributed by atoms with Gasteiger partial charge in [-0.3, -0.25) is 19.2 Å². The summed E-state index contributed by atoms with van der Waals surface area (Å²) in [5, 5.41) is 8.25. The Morgan fingerprint density at radius 1 is 1.18 bits per heavy atom. The third-order valence-electron chi connectivity index (χ3n) is 7.96. The number of likely N-dealkylation sites (N-methyl/N-ethyl adjacent to an activating group) is 1. The highest BCUT2D eigenvalue weighted by atomic mass is 32.1. The van der Waals surface area contributed by atoms with Crippen LogP contribution >= 0.6 is 11.3 Å². The van der Waals surface area contributed by atoms with Crippen molar-refractivity contribution in [3.63, 3.8) is 0 Å². The molecule has 1 aromatic heterocycles. The van der Waals surface area contributed by atoms with E-state index in [0.717, 1.165) is 24.3 Å². The van der Waals surface area contributed by atoms with Gasteiger partial charge in [-0.15, -0.1) is 11.3 Å². The minimum Gasteiger partial charge on any atom is -0.379 e. The van der Waals surface area contributed by atoms with Crippen molar-refractivity contribution in [2.24, 2.45) is 11.8 Å². The third-order valence-corrected chi connectivity index (χ3v) is 8.74. The summed E-state index contributed by atoms with van der Waals surface area (Å²) < 4.78 is 11.6. The number of thiazole rings is 1. The Morgan fingerprint density at radius 2 is 1.90 bits per heavy atom. The van der Waals surface area contributed by atoms with Crippen LogP contribution in [0.3, 0.4) is 0 Å². The molecule has 0 aliphatic carbocycles. The van der Waals surface area contributed by atoms with Crippen molar-refractivity contribution in [3.05, 3.63) is 16.6 Å². The van der Waals surface area contributed by atoms with E-state index in [1.165, 1.54) is 11.3 Å². The summed E-state index contributed by atoms with van der Waals surface area (Å²) in [7, 11) is 4.82. The molecular weight excluding hydrogens is 534 g/mol. The number of aromatic nitrogens is 1. The summed E-state index contributed by atoms with van der Waals surface area (Å²) in [5.74, 6) is -1.10. The predicted octanol–water partition coefficient (Wildman–Crippen LogP) is 2.21. The first-order valence-corrected chi connectivity index (χ1v) is 15.0. The molecule has 6 atom stereocenters. The van der Waals surface area contributed by atoms with Gasteiger partial charge < -0.3 is 29.9 Å². The monoisotopic (exact) mass is 581 g/mol. The van der Waals surface area contributed by atoms with E-state index < -0.39 is 18.1 Å². The molecule has 12 heteroatoms. The van der Waals surface area contributed by atoms with E-state index in [-0.39, 0.29) is 54.6 Å². The molecule has 6 unspecified atom stereocenters. The summed E-state index contributed by atoms with van der Waals surface area (Å²) in [4.78, 5) is 58.9. The van der Waals surface area contributed by atoms with Gasteiger partial charge in [0, 0.05) is 45.8 Å². The van der Waals surface area contributed by atoms with Crippen LogP contribution in [-0.2, 0) is 35.2 Å². The van der Waals surface area contributed by atoms with E-state index in [4.69, 9.17) is 9.47 Å². The molecule has 0 bridgehead atoms. The Bertz CT molecular complexity index is 961. The Hall–Kier alpha value is -2.57. The lowest BCUT2D eigenvalue weighted by molar-refractivity contribution is -0.145. The van der Waals surface area contributed by atoms with Gasteiger partial charge in [0.25, 0.3) is 0 Å². The van der Waals surface area contributed by atoms with Gasteiger partial charge in [0.1, 0.15) is 5.01 Å². The van der Waals surface area contributed by atoms with E-state index in [1.54, 1.807) is 39.3 Å². The van der Waals surface area contributed by atoms with Crippen LogP contribution in [0.1, 0.15) is 64.8 Å². The Balaban J connectivity index is 2.12.